The zero-order chi connectivity index (χ0) is 22.8. The summed E-state index contributed by atoms with van der Waals surface area (Å²) in [5.41, 5.74) is 1.12. The van der Waals surface area contributed by atoms with Crippen molar-refractivity contribution in [3.63, 3.8) is 0 Å². The molecule has 1 saturated heterocycles. The predicted octanol–water partition coefficient (Wildman–Crippen LogP) is 5.29. The molecule has 0 bridgehead atoms. The number of pyridine rings is 1. The molecule has 0 spiro atoms. The number of carbonyl (C=O) groups excluding carboxylic acids is 1. The van der Waals surface area contributed by atoms with Crippen LogP contribution >= 0.6 is 11.3 Å². The number of rotatable bonds is 7. The van der Waals surface area contributed by atoms with Gasteiger partial charge in [-0.1, -0.05) is 25.8 Å². The van der Waals surface area contributed by atoms with E-state index in [1.54, 1.807) is 16.2 Å². The number of thiazole rings is 1. The lowest BCUT2D eigenvalue weighted by atomic mass is 9.89. The van der Waals surface area contributed by atoms with E-state index in [0.29, 0.717) is 19.0 Å². The van der Waals surface area contributed by atoms with Gasteiger partial charge in [-0.15, -0.1) is 11.3 Å². The predicted molar refractivity (Wildman–Crippen MR) is 132 cm³/mol. The SMILES string of the molecule is C=CC(=O)N1CC[C@H](Oc2nc(Nc3ncc(C)s3)cc3c2ccn3CC2CCCCC2)C1. The van der Waals surface area contributed by atoms with Gasteiger partial charge in [-0.25, -0.2) is 4.98 Å². The quantitative estimate of drug-likeness (QED) is 0.480. The number of anilines is 2. The molecule has 0 aromatic carbocycles. The summed E-state index contributed by atoms with van der Waals surface area (Å²) in [6.45, 7) is 7.90. The molecule has 0 unspecified atom stereocenters. The molecule has 8 heteroatoms. The van der Waals surface area contributed by atoms with Crippen LogP contribution in [0.15, 0.2) is 37.2 Å². The van der Waals surface area contributed by atoms with Crippen LogP contribution in [0.1, 0.15) is 43.4 Å². The van der Waals surface area contributed by atoms with Gasteiger partial charge in [0.1, 0.15) is 11.9 Å². The van der Waals surface area contributed by atoms with Crippen LogP contribution in [0.5, 0.6) is 5.88 Å². The van der Waals surface area contributed by atoms with Gasteiger partial charge < -0.3 is 19.5 Å². The molecule has 1 N–H and O–H groups in total. The number of hydrogen-bond acceptors (Lipinski definition) is 6. The highest BCUT2D eigenvalue weighted by Crippen LogP contribution is 2.33. The first kappa shape index (κ1) is 21.9. The number of aryl methyl sites for hydroxylation is 1. The maximum atomic E-state index is 12.0. The number of nitrogens with zero attached hydrogens (tertiary/aromatic N) is 4. The molecule has 2 aliphatic rings. The summed E-state index contributed by atoms with van der Waals surface area (Å²) >= 11 is 1.60. The molecule has 5 rings (SSSR count). The van der Waals surface area contributed by atoms with E-state index in [-0.39, 0.29) is 12.0 Å². The van der Waals surface area contributed by atoms with E-state index in [1.807, 2.05) is 13.1 Å². The van der Waals surface area contributed by atoms with Gasteiger partial charge in [-0.05, 0) is 37.8 Å². The van der Waals surface area contributed by atoms with Crippen molar-refractivity contribution in [3.05, 3.63) is 42.1 Å². The summed E-state index contributed by atoms with van der Waals surface area (Å²) in [6, 6.07) is 4.21. The largest absolute Gasteiger partial charge is 0.472 e. The molecule has 3 aromatic rings. The van der Waals surface area contributed by atoms with Gasteiger partial charge in [-0.3, -0.25) is 4.79 Å². The van der Waals surface area contributed by atoms with Crippen molar-refractivity contribution >= 4 is 39.1 Å². The van der Waals surface area contributed by atoms with Crippen molar-refractivity contribution in [1.29, 1.82) is 0 Å². The lowest BCUT2D eigenvalue weighted by Gasteiger charge is -2.22. The molecule has 4 heterocycles. The first-order valence-corrected chi connectivity index (χ1v) is 12.7. The number of fused-ring (bicyclic) bond motifs is 1. The third-order valence-electron chi connectivity index (χ3n) is 6.68. The Morgan fingerprint density at radius 3 is 2.94 bits per heavy atom. The standard InChI is InChI=1S/C25H31N5O2S/c1-3-23(31)30-11-9-19(16-30)32-24-20-10-12-29(15-18-7-5-4-6-8-18)21(20)13-22(27-24)28-25-26-14-17(2)33-25/h3,10,12-14,18-19H,1,4-9,11,15-16H2,2H3,(H,26,27,28)/t19-/m0/s1. The van der Waals surface area contributed by atoms with E-state index in [0.717, 1.165) is 45.6 Å². The van der Waals surface area contributed by atoms with Crippen molar-refractivity contribution in [2.24, 2.45) is 5.92 Å². The Bertz CT molecular complexity index is 1150. The Kier molecular flexibility index (Phi) is 6.35. The maximum Gasteiger partial charge on any atom is 0.246 e. The van der Waals surface area contributed by atoms with E-state index in [4.69, 9.17) is 9.72 Å². The number of carbonyl (C=O) groups is 1. The summed E-state index contributed by atoms with van der Waals surface area (Å²) < 4.78 is 8.74. The third kappa shape index (κ3) is 4.90. The smallest absolute Gasteiger partial charge is 0.246 e. The number of ether oxygens (including phenoxy) is 1. The minimum absolute atomic E-state index is 0.0487. The summed E-state index contributed by atoms with van der Waals surface area (Å²) in [4.78, 5) is 24.2. The molecule has 1 aliphatic heterocycles. The van der Waals surface area contributed by atoms with Gasteiger partial charge >= 0.3 is 0 Å². The van der Waals surface area contributed by atoms with Crippen LogP contribution in [0, 0.1) is 12.8 Å². The molecule has 3 aromatic heterocycles. The van der Waals surface area contributed by atoms with Gasteiger partial charge in [0, 0.05) is 42.8 Å². The van der Waals surface area contributed by atoms with Gasteiger partial charge in [0.25, 0.3) is 0 Å². The fourth-order valence-electron chi connectivity index (χ4n) is 4.95. The molecule has 2 fully saturated rings. The van der Waals surface area contributed by atoms with E-state index in [2.05, 4.69) is 39.8 Å². The first-order chi connectivity index (χ1) is 16.1. The molecule has 7 nitrogen and oxygen atoms in total. The fraction of sp³-hybridized carbons (Fsp3) is 0.480. The zero-order valence-electron chi connectivity index (χ0n) is 19.1. The lowest BCUT2D eigenvalue weighted by Crippen LogP contribution is -2.29. The summed E-state index contributed by atoms with van der Waals surface area (Å²) in [5.74, 6) is 2.02. The molecule has 33 heavy (non-hydrogen) atoms. The van der Waals surface area contributed by atoms with E-state index in [1.165, 1.54) is 38.2 Å². The van der Waals surface area contributed by atoms with Crippen molar-refractivity contribution in [1.82, 2.24) is 19.4 Å². The number of aromatic nitrogens is 3. The van der Waals surface area contributed by atoms with Gasteiger partial charge in [0.2, 0.25) is 11.8 Å². The molecular formula is C25H31N5O2S. The number of hydrogen-bond donors (Lipinski definition) is 1. The maximum absolute atomic E-state index is 12.0. The monoisotopic (exact) mass is 465 g/mol. The Morgan fingerprint density at radius 1 is 1.33 bits per heavy atom. The molecule has 174 valence electrons. The molecule has 0 radical (unpaired) electrons. The van der Waals surface area contributed by atoms with Crippen molar-refractivity contribution < 1.29 is 9.53 Å². The molecule has 1 aliphatic carbocycles. The Morgan fingerprint density at radius 2 is 2.18 bits per heavy atom. The van der Waals surface area contributed by atoms with Gasteiger partial charge in [-0.2, -0.15) is 4.98 Å². The van der Waals surface area contributed by atoms with Crippen LogP contribution in [-0.4, -0.2) is 44.5 Å². The molecule has 1 amide bonds. The lowest BCUT2D eigenvalue weighted by molar-refractivity contribution is -0.125. The van der Waals surface area contributed by atoms with Crippen molar-refractivity contribution in [2.45, 2.75) is 58.1 Å². The second-order valence-corrected chi connectivity index (χ2v) is 10.4. The van der Waals surface area contributed by atoms with Crippen LogP contribution in [0.3, 0.4) is 0 Å². The van der Waals surface area contributed by atoms with Gasteiger partial charge in [0.05, 0.1) is 17.4 Å². The van der Waals surface area contributed by atoms with Crippen LogP contribution in [0.25, 0.3) is 10.9 Å². The Balaban J connectivity index is 1.44. The molecular weight excluding hydrogens is 434 g/mol. The normalized spacial score (nSPS) is 19.2. The van der Waals surface area contributed by atoms with E-state index < -0.39 is 0 Å². The highest BCUT2D eigenvalue weighted by Gasteiger charge is 2.28. The first-order valence-electron chi connectivity index (χ1n) is 11.9. The molecule has 1 saturated carbocycles. The van der Waals surface area contributed by atoms with Crippen LogP contribution < -0.4 is 10.1 Å². The van der Waals surface area contributed by atoms with Crippen molar-refractivity contribution in [3.8, 4) is 5.88 Å². The summed E-state index contributed by atoms with van der Waals surface area (Å²) in [6.07, 6.45) is 12.7. The van der Waals surface area contributed by atoms with Crippen molar-refractivity contribution in [2.75, 3.05) is 18.4 Å². The average molecular weight is 466 g/mol. The number of nitrogens with one attached hydrogen (secondary N) is 1. The number of likely N-dealkylation sites (tertiary alicyclic amines) is 1. The van der Waals surface area contributed by atoms with Crippen LogP contribution in [0.4, 0.5) is 10.9 Å². The van der Waals surface area contributed by atoms with E-state index >= 15 is 0 Å². The average Bonchev–Trinajstić information content (AvgIpc) is 3.55. The van der Waals surface area contributed by atoms with Crippen LogP contribution in [-0.2, 0) is 11.3 Å². The fourth-order valence-corrected chi connectivity index (χ4v) is 5.62. The zero-order valence-corrected chi connectivity index (χ0v) is 19.9. The minimum atomic E-state index is -0.0800. The highest BCUT2D eigenvalue weighted by atomic mass is 32.1. The Labute approximate surface area is 198 Å². The third-order valence-corrected chi connectivity index (χ3v) is 7.51. The second-order valence-electron chi connectivity index (χ2n) is 9.14. The minimum Gasteiger partial charge on any atom is -0.472 e. The molecule has 1 atom stereocenters. The highest BCUT2D eigenvalue weighted by molar-refractivity contribution is 7.15. The van der Waals surface area contributed by atoms with Crippen LogP contribution in [0.2, 0.25) is 0 Å². The summed E-state index contributed by atoms with van der Waals surface area (Å²) in [5, 5.41) is 5.20. The number of amides is 1. The van der Waals surface area contributed by atoms with E-state index in [9.17, 15) is 4.79 Å². The Hall–Kier alpha value is -2.87. The summed E-state index contributed by atoms with van der Waals surface area (Å²) in [7, 11) is 0. The topological polar surface area (TPSA) is 72.3 Å². The van der Waals surface area contributed by atoms with Gasteiger partial charge in [0.15, 0.2) is 5.13 Å². The second kappa shape index (κ2) is 9.55.